The van der Waals surface area contributed by atoms with Crippen molar-refractivity contribution in [3.63, 3.8) is 0 Å². The highest BCUT2D eigenvalue weighted by molar-refractivity contribution is 6.11. The number of hydrogen-bond acceptors (Lipinski definition) is 6. The zero-order chi connectivity index (χ0) is 20.6. The van der Waals surface area contributed by atoms with E-state index in [1.54, 1.807) is 36.4 Å². The van der Waals surface area contributed by atoms with Crippen LogP contribution in [0.1, 0.15) is 29.3 Å². The van der Waals surface area contributed by atoms with E-state index in [1.807, 2.05) is 19.1 Å². The van der Waals surface area contributed by atoms with Gasteiger partial charge in [-0.1, -0.05) is 25.1 Å². The Hall–Kier alpha value is -3.35. The van der Waals surface area contributed by atoms with Crippen LogP contribution in [-0.2, 0) is 20.7 Å². The average molecular weight is 397 g/mol. The van der Waals surface area contributed by atoms with Crippen molar-refractivity contribution in [2.45, 2.75) is 19.8 Å². The number of rotatable bonds is 9. The quantitative estimate of drug-likeness (QED) is 0.368. The predicted octanol–water partition coefficient (Wildman–Crippen LogP) is 2.62. The second-order valence-electron chi connectivity index (χ2n) is 6.51. The van der Waals surface area contributed by atoms with Crippen LogP contribution in [0.15, 0.2) is 48.5 Å². The van der Waals surface area contributed by atoms with Crippen molar-refractivity contribution in [2.75, 3.05) is 26.4 Å². The van der Waals surface area contributed by atoms with Gasteiger partial charge in [0.2, 0.25) is 5.91 Å². The van der Waals surface area contributed by atoms with Crippen molar-refractivity contribution < 1.29 is 28.6 Å². The van der Waals surface area contributed by atoms with E-state index in [0.717, 1.165) is 17.1 Å². The van der Waals surface area contributed by atoms with Crippen LogP contribution in [0.25, 0.3) is 0 Å². The van der Waals surface area contributed by atoms with E-state index in [1.165, 1.54) is 0 Å². The molecule has 0 aromatic heterocycles. The largest absolute Gasteiger partial charge is 0.494 e. The minimum atomic E-state index is -0.655. The fraction of sp³-hybridized carbons (Fsp3) is 0.318. The Labute approximate surface area is 169 Å². The molecule has 29 heavy (non-hydrogen) atoms. The number of amides is 2. The predicted molar refractivity (Wildman–Crippen MR) is 105 cm³/mol. The number of esters is 1. The van der Waals surface area contributed by atoms with Crippen molar-refractivity contribution >= 4 is 17.8 Å². The Morgan fingerprint density at radius 2 is 1.59 bits per heavy atom. The normalized spacial score (nSPS) is 13.1. The van der Waals surface area contributed by atoms with Gasteiger partial charge in [-0.2, -0.15) is 0 Å². The van der Waals surface area contributed by atoms with Crippen molar-refractivity contribution in [3.05, 3.63) is 59.7 Å². The number of carbonyl (C=O) groups excluding carboxylic acids is 3. The Morgan fingerprint density at radius 1 is 0.931 bits per heavy atom. The van der Waals surface area contributed by atoms with Crippen LogP contribution in [0.2, 0.25) is 0 Å². The standard InChI is InChI=1S/C22H23NO6/c1-2-11-27-17-7-9-18(10-8-17)28-12-13-29-21(25)15-23-20(24)14-16-5-3-4-6-19(16)22(23)26/h3-10H,2,11-15H2,1H3. The number of benzene rings is 2. The number of nitrogens with zero attached hydrogens (tertiary/aromatic N) is 1. The molecule has 0 saturated heterocycles. The fourth-order valence-electron chi connectivity index (χ4n) is 2.90. The first kappa shape index (κ1) is 20.4. The van der Waals surface area contributed by atoms with E-state index in [9.17, 15) is 14.4 Å². The molecular weight excluding hydrogens is 374 g/mol. The van der Waals surface area contributed by atoms with Gasteiger partial charge in [-0.15, -0.1) is 0 Å². The fourth-order valence-corrected chi connectivity index (χ4v) is 2.90. The van der Waals surface area contributed by atoms with Crippen molar-refractivity contribution in [1.82, 2.24) is 4.90 Å². The zero-order valence-corrected chi connectivity index (χ0v) is 16.3. The van der Waals surface area contributed by atoms with Gasteiger partial charge in [-0.3, -0.25) is 19.3 Å². The first-order chi connectivity index (χ1) is 14.1. The van der Waals surface area contributed by atoms with Gasteiger partial charge >= 0.3 is 5.97 Å². The van der Waals surface area contributed by atoms with Crippen LogP contribution in [-0.4, -0.2) is 49.0 Å². The molecule has 7 heteroatoms. The summed E-state index contributed by atoms with van der Waals surface area (Å²) in [6.07, 6.45) is 1.03. The third kappa shape index (κ3) is 5.34. The van der Waals surface area contributed by atoms with E-state index >= 15 is 0 Å². The Morgan fingerprint density at radius 3 is 2.28 bits per heavy atom. The first-order valence-corrected chi connectivity index (χ1v) is 9.52. The molecule has 1 heterocycles. The topological polar surface area (TPSA) is 82.1 Å². The van der Waals surface area contributed by atoms with Gasteiger partial charge in [0, 0.05) is 5.56 Å². The van der Waals surface area contributed by atoms with Gasteiger partial charge in [0.05, 0.1) is 13.0 Å². The molecule has 2 aromatic carbocycles. The summed E-state index contributed by atoms with van der Waals surface area (Å²) in [7, 11) is 0. The van der Waals surface area contributed by atoms with Gasteiger partial charge in [0.15, 0.2) is 0 Å². The summed E-state index contributed by atoms with van der Waals surface area (Å²) in [6.45, 7) is 2.46. The number of ether oxygens (including phenoxy) is 3. The van der Waals surface area contributed by atoms with Crippen LogP contribution >= 0.6 is 0 Å². The summed E-state index contributed by atoms with van der Waals surface area (Å²) in [4.78, 5) is 37.6. The molecule has 0 N–H and O–H groups in total. The summed E-state index contributed by atoms with van der Waals surface area (Å²) >= 11 is 0. The minimum absolute atomic E-state index is 0.0136. The first-order valence-electron chi connectivity index (χ1n) is 9.52. The molecule has 0 atom stereocenters. The van der Waals surface area contributed by atoms with E-state index < -0.39 is 24.3 Å². The minimum Gasteiger partial charge on any atom is -0.494 e. The monoisotopic (exact) mass is 397 g/mol. The lowest BCUT2D eigenvalue weighted by Crippen LogP contribution is -2.45. The summed E-state index contributed by atoms with van der Waals surface area (Å²) < 4.78 is 16.1. The maximum absolute atomic E-state index is 12.4. The Bertz CT molecular complexity index is 877. The van der Waals surface area contributed by atoms with Crippen LogP contribution in [0.4, 0.5) is 0 Å². The van der Waals surface area contributed by atoms with Gasteiger partial charge in [-0.25, -0.2) is 0 Å². The lowest BCUT2D eigenvalue weighted by molar-refractivity contribution is -0.148. The average Bonchev–Trinajstić information content (AvgIpc) is 2.73. The van der Waals surface area contributed by atoms with Crippen molar-refractivity contribution in [1.29, 1.82) is 0 Å². The molecule has 0 aliphatic carbocycles. The molecule has 0 spiro atoms. The summed E-state index contributed by atoms with van der Waals surface area (Å²) in [5.74, 6) is -0.147. The van der Waals surface area contributed by atoms with Gasteiger partial charge in [0.1, 0.15) is 31.3 Å². The molecular formula is C22H23NO6. The second-order valence-corrected chi connectivity index (χ2v) is 6.51. The summed E-state index contributed by atoms with van der Waals surface area (Å²) in [5.41, 5.74) is 1.11. The molecule has 0 bridgehead atoms. The van der Waals surface area contributed by atoms with Crippen LogP contribution < -0.4 is 9.47 Å². The number of imide groups is 1. The summed E-state index contributed by atoms with van der Waals surface area (Å²) in [6, 6.07) is 14.0. The lowest BCUT2D eigenvalue weighted by atomic mass is 9.98. The highest BCUT2D eigenvalue weighted by Gasteiger charge is 2.32. The maximum atomic E-state index is 12.4. The van der Waals surface area contributed by atoms with E-state index in [-0.39, 0.29) is 19.6 Å². The third-order valence-corrected chi connectivity index (χ3v) is 4.33. The highest BCUT2D eigenvalue weighted by atomic mass is 16.6. The number of hydrogen-bond donors (Lipinski definition) is 0. The molecule has 152 valence electrons. The molecule has 0 radical (unpaired) electrons. The highest BCUT2D eigenvalue weighted by Crippen LogP contribution is 2.20. The van der Waals surface area contributed by atoms with E-state index in [4.69, 9.17) is 14.2 Å². The van der Waals surface area contributed by atoms with E-state index in [2.05, 4.69) is 0 Å². The second kappa shape index (κ2) is 9.73. The smallest absolute Gasteiger partial charge is 0.326 e. The van der Waals surface area contributed by atoms with Gasteiger partial charge in [-0.05, 0) is 42.3 Å². The number of carbonyl (C=O) groups is 3. The molecule has 3 rings (SSSR count). The molecule has 7 nitrogen and oxygen atoms in total. The van der Waals surface area contributed by atoms with Crippen LogP contribution in [0.3, 0.4) is 0 Å². The van der Waals surface area contributed by atoms with Gasteiger partial charge < -0.3 is 14.2 Å². The molecule has 2 aromatic rings. The Kier molecular flexibility index (Phi) is 6.84. The third-order valence-electron chi connectivity index (χ3n) is 4.33. The van der Waals surface area contributed by atoms with Crippen LogP contribution in [0.5, 0.6) is 11.5 Å². The molecule has 0 fully saturated rings. The zero-order valence-electron chi connectivity index (χ0n) is 16.3. The SMILES string of the molecule is CCCOc1ccc(OCCOC(=O)CN2C(=O)Cc3ccccc3C2=O)cc1. The molecule has 2 amide bonds. The number of fused-ring (bicyclic) bond motifs is 1. The molecule has 1 aliphatic rings. The molecule has 0 unspecified atom stereocenters. The maximum Gasteiger partial charge on any atom is 0.326 e. The van der Waals surface area contributed by atoms with E-state index in [0.29, 0.717) is 23.5 Å². The van der Waals surface area contributed by atoms with Gasteiger partial charge in [0.25, 0.3) is 5.91 Å². The molecule has 1 aliphatic heterocycles. The van der Waals surface area contributed by atoms with Crippen LogP contribution in [0, 0.1) is 0 Å². The summed E-state index contributed by atoms with van der Waals surface area (Å²) in [5, 5.41) is 0. The van der Waals surface area contributed by atoms with Crippen molar-refractivity contribution in [2.24, 2.45) is 0 Å². The Balaban J connectivity index is 1.42. The lowest BCUT2D eigenvalue weighted by Gasteiger charge is -2.25. The molecule has 0 saturated carbocycles. The van der Waals surface area contributed by atoms with Crippen molar-refractivity contribution in [3.8, 4) is 11.5 Å².